The lowest BCUT2D eigenvalue weighted by Gasteiger charge is -2.20. The molecule has 194 valence electrons. The van der Waals surface area contributed by atoms with Crippen LogP contribution >= 0.6 is 0 Å². The molecule has 7 nitrogen and oxygen atoms in total. The molecule has 4 N–H and O–H groups in total. The largest absolute Gasteiger partial charge is 0.416 e. The van der Waals surface area contributed by atoms with Gasteiger partial charge in [-0.2, -0.15) is 13.2 Å². The first-order chi connectivity index (χ1) is 17.3. The maximum atomic E-state index is 12.9. The highest BCUT2D eigenvalue weighted by Crippen LogP contribution is 2.30. The third-order valence-electron chi connectivity index (χ3n) is 4.94. The van der Waals surface area contributed by atoms with E-state index in [0.29, 0.717) is 16.9 Å². The van der Waals surface area contributed by atoms with Crippen molar-refractivity contribution < 1.29 is 27.6 Å². The van der Waals surface area contributed by atoms with Crippen molar-refractivity contribution in [2.45, 2.75) is 32.5 Å². The average molecular weight is 513 g/mol. The van der Waals surface area contributed by atoms with Gasteiger partial charge in [-0.1, -0.05) is 12.1 Å². The second-order valence-electron chi connectivity index (χ2n) is 9.30. The molecule has 0 saturated heterocycles. The van der Waals surface area contributed by atoms with E-state index in [1.807, 2.05) is 20.8 Å². The zero-order valence-corrected chi connectivity index (χ0v) is 20.5. The minimum Gasteiger partial charge on any atom is -0.376 e. The summed E-state index contributed by atoms with van der Waals surface area (Å²) in [4.78, 5) is 37.1. The topological polar surface area (TPSA) is 99.3 Å². The number of rotatable bonds is 7. The molecule has 0 atom stereocenters. The Morgan fingerprint density at radius 2 is 1.32 bits per heavy atom. The van der Waals surface area contributed by atoms with Crippen LogP contribution in [0.4, 0.5) is 30.2 Å². The van der Waals surface area contributed by atoms with Gasteiger partial charge >= 0.3 is 6.18 Å². The van der Waals surface area contributed by atoms with E-state index in [4.69, 9.17) is 0 Å². The Morgan fingerprint density at radius 1 is 0.703 bits per heavy atom. The summed E-state index contributed by atoms with van der Waals surface area (Å²) in [7, 11) is 0. The average Bonchev–Trinajstić information content (AvgIpc) is 2.82. The van der Waals surface area contributed by atoms with Crippen molar-refractivity contribution in [2.24, 2.45) is 0 Å². The van der Waals surface area contributed by atoms with Gasteiger partial charge in [-0.15, -0.1) is 0 Å². The van der Waals surface area contributed by atoms with Gasteiger partial charge < -0.3 is 21.3 Å². The molecule has 0 radical (unpaired) electrons. The Morgan fingerprint density at radius 3 is 1.95 bits per heavy atom. The van der Waals surface area contributed by atoms with Crippen LogP contribution in [0.15, 0.2) is 72.8 Å². The molecular formula is C27H27F3N4O3. The fourth-order valence-corrected chi connectivity index (χ4v) is 3.25. The smallest absolute Gasteiger partial charge is 0.376 e. The highest BCUT2D eigenvalue weighted by Gasteiger charge is 2.30. The molecule has 0 fully saturated rings. The predicted octanol–water partition coefficient (Wildman–Crippen LogP) is 5.54. The number of benzene rings is 3. The van der Waals surface area contributed by atoms with Crippen molar-refractivity contribution in [3.05, 3.63) is 89.5 Å². The molecule has 3 aromatic carbocycles. The highest BCUT2D eigenvalue weighted by atomic mass is 19.4. The lowest BCUT2D eigenvalue weighted by atomic mass is 10.1. The van der Waals surface area contributed by atoms with Gasteiger partial charge in [0, 0.05) is 33.7 Å². The maximum absolute atomic E-state index is 12.9. The van der Waals surface area contributed by atoms with Gasteiger partial charge in [0.05, 0.1) is 12.1 Å². The van der Waals surface area contributed by atoms with E-state index >= 15 is 0 Å². The minimum atomic E-state index is -4.53. The summed E-state index contributed by atoms with van der Waals surface area (Å²) in [6.07, 6.45) is -4.53. The summed E-state index contributed by atoms with van der Waals surface area (Å²) < 4.78 is 38.7. The SMILES string of the molecule is CC(C)(C)NC(=O)c1ccc(NCC(=O)Nc2cccc(C(=O)Nc3cccc(C(F)(F)F)c3)c2)cc1. The van der Waals surface area contributed by atoms with Crippen LogP contribution in [0, 0.1) is 0 Å². The number of hydrogen-bond donors (Lipinski definition) is 4. The highest BCUT2D eigenvalue weighted by molar-refractivity contribution is 6.05. The number of anilines is 3. The zero-order valence-electron chi connectivity index (χ0n) is 20.5. The van der Waals surface area contributed by atoms with Crippen LogP contribution in [0.2, 0.25) is 0 Å². The van der Waals surface area contributed by atoms with Crippen LogP contribution in [0.1, 0.15) is 47.1 Å². The summed E-state index contributed by atoms with van der Waals surface area (Å²) in [6.45, 7) is 5.59. The molecule has 0 aliphatic rings. The van der Waals surface area contributed by atoms with Crippen molar-refractivity contribution in [3.63, 3.8) is 0 Å². The summed E-state index contributed by atoms with van der Waals surface area (Å²) in [5.74, 6) is -1.21. The minimum absolute atomic E-state index is 0.000342. The van der Waals surface area contributed by atoms with Crippen molar-refractivity contribution >= 4 is 34.8 Å². The van der Waals surface area contributed by atoms with E-state index in [2.05, 4.69) is 21.3 Å². The van der Waals surface area contributed by atoms with E-state index in [1.165, 1.54) is 24.3 Å². The Hall–Kier alpha value is -4.34. The van der Waals surface area contributed by atoms with Gasteiger partial charge in [-0.3, -0.25) is 14.4 Å². The first kappa shape index (κ1) is 27.3. The Labute approximate surface area is 212 Å². The first-order valence-electron chi connectivity index (χ1n) is 11.4. The molecule has 0 aliphatic heterocycles. The van der Waals surface area contributed by atoms with Crippen molar-refractivity contribution in [1.29, 1.82) is 0 Å². The molecule has 3 amide bonds. The molecule has 0 unspecified atom stereocenters. The second kappa shape index (κ2) is 11.2. The van der Waals surface area contributed by atoms with E-state index in [-0.39, 0.29) is 35.1 Å². The summed E-state index contributed by atoms with van der Waals surface area (Å²) in [5, 5.41) is 10.9. The molecular weight excluding hydrogens is 485 g/mol. The second-order valence-corrected chi connectivity index (χ2v) is 9.30. The van der Waals surface area contributed by atoms with Crippen LogP contribution in [-0.2, 0) is 11.0 Å². The summed E-state index contributed by atoms with van der Waals surface area (Å²) in [5.41, 5.74) is 0.399. The third kappa shape index (κ3) is 8.38. The van der Waals surface area contributed by atoms with Gasteiger partial charge in [0.1, 0.15) is 0 Å². The van der Waals surface area contributed by atoms with Crippen LogP contribution in [0.5, 0.6) is 0 Å². The molecule has 0 aromatic heterocycles. The quantitative estimate of drug-likeness (QED) is 0.334. The van der Waals surface area contributed by atoms with Crippen LogP contribution in [0.3, 0.4) is 0 Å². The van der Waals surface area contributed by atoms with Gasteiger partial charge in [0.2, 0.25) is 5.91 Å². The molecule has 0 spiro atoms. The lowest BCUT2D eigenvalue weighted by Crippen LogP contribution is -2.40. The Balaban J connectivity index is 1.55. The molecule has 0 aliphatic carbocycles. The van der Waals surface area contributed by atoms with E-state index in [9.17, 15) is 27.6 Å². The third-order valence-corrected chi connectivity index (χ3v) is 4.94. The van der Waals surface area contributed by atoms with Gasteiger partial charge in [-0.25, -0.2) is 0 Å². The van der Waals surface area contributed by atoms with Crippen molar-refractivity contribution in [1.82, 2.24) is 5.32 Å². The molecule has 0 heterocycles. The van der Waals surface area contributed by atoms with E-state index < -0.39 is 17.6 Å². The van der Waals surface area contributed by atoms with Crippen LogP contribution in [0.25, 0.3) is 0 Å². The molecule has 0 saturated carbocycles. The zero-order chi connectivity index (χ0) is 27.2. The Kier molecular flexibility index (Phi) is 8.21. The first-order valence-corrected chi connectivity index (χ1v) is 11.4. The lowest BCUT2D eigenvalue weighted by molar-refractivity contribution is -0.137. The number of alkyl halides is 3. The predicted molar refractivity (Wildman–Crippen MR) is 137 cm³/mol. The number of carbonyl (C=O) groups is 3. The normalized spacial score (nSPS) is 11.4. The fourth-order valence-electron chi connectivity index (χ4n) is 3.25. The Bertz CT molecular complexity index is 1280. The van der Waals surface area contributed by atoms with Gasteiger partial charge in [0.25, 0.3) is 11.8 Å². The van der Waals surface area contributed by atoms with E-state index in [0.717, 1.165) is 12.1 Å². The molecule has 0 bridgehead atoms. The molecule has 3 rings (SSSR count). The summed E-state index contributed by atoms with van der Waals surface area (Å²) >= 11 is 0. The molecule has 37 heavy (non-hydrogen) atoms. The number of nitrogens with one attached hydrogen (secondary N) is 4. The standard InChI is InChI=1S/C27H27F3N4O3/c1-26(2,3)34-25(37)17-10-12-20(13-11-17)31-16-23(35)32-21-8-4-6-18(14-21)24(36)33-22-9-5-7-19(15-22)27(28,29)30/h4-15,31H,16H2,1-3H3,(H,32,35)(H,33,36)(H,34,37). The number of amides is 3. The van der Waals surface area contributed by atoms with Crippen LogP contribution < -0.4 is 21.3 Å². The fraction of sp³-hybridized carbons (Fsp3) is 0.222. The van der Waals surface area contributed by atoms with Crippen molar-refractivity contribution in [2.75, 3.05) is 22.5 Å². The van der Waals surface area contributed by atoms with E-state index in [1.54, 1.807) is 36.4 Å². The molecule has 10 heteroatoms. The monoisotopic (exact) mass is 512 g/mol. The van der Waals surface area contributed by atoms with Gasteiger partial charge in [-0.05, 0) is 81.4 Å². The maximum Gasteiger partial charge on any atom is 0.416 e. The number of carbonyl (C=O) groups excluding carboxylic acids is 3. The summed E-state index contributed by atoms with van der Waals surface area (Å²) in [6, 6.07) is 17.0. The molecule has 3 aromatic rings. The van der Waals surface area contributed by atoms with Crippen LogP contribution in [-0.4, -0.2) is 29.8 Å². The number of hydrogen-bond acceptors (Lipinski definition) is 4. The van der Waals surface area contributed by atoms with Gasteiger partial charge in [0.15, 0.2) is 0 Å². The van der Waals surface area contributed by atoms with Crippen molar-refractivity contribution in [3.8, 4) is 0 Å². The number of halogens is 3.